The van der Waals surface area contributed by atoms with Gasteiger partial charge in [0.05, 0.1) is 6.42 Å². The fourth-order valence-electron chi connectivity index (χ4n) is 3.23. The first-order valence-corrected chi connectivity index (χ1v) is 7.76. The molecule has 1 aliphatic rings. The third kappa shape index (κ3) is 3.23. The van der Waals surface area contributed by atoms with E-state index in [9.17, 15) is 4.79 Å². The molecule has 0 saturated heterocycles. The molecule has 2 aromatic rings. The van der Waals surface area contributed by atoms with Crippen LogP contribution in [-0.4, -0.2) is 25.6 Å². The van der Waals surface area contributed by atoms with Crippen LogP contribution >= 0.6 is 0 Å². The first-order valence-electron chi connectivity index (χ1n) is 7.76. The van der Waals surface area contributed by atoms with E-state index in [1.165, 1.54) is 32.1 Å². The van der Waals surface area contributed by atoms with Crippen LogP contribution in [0.3, 0.4) is 0 Å². The summed E-state index contributed by atoms with van der Waals surface area (Å²) in [7, 11) is 0. The summed E-state index contributed by atoms with van der Waals surface area (Å²) >= 11 is 0. The highest BCUT2D eigenvalue weighted by Gasteiger charge is 2.19. The Bertz CT molecular complexity index is 629. The SMILES string of the molecule is O=C(O)CCc1nc2cccnc2n1CC1CCCCC1. The summed E-state index contributed by atoms with van der Waals surface area (Å²) in [4.78, 5) is 19.9. The Hall–Kier alpha value is -1.91. The Labute approximate surface area is 124 Å². The van der Waals surface area contributed by atoms with Gasteiger partial charge in [-0.1, -0.05) is 19.3 Å². The molecule has 0 spiro atoms. The van der Waals surface area contributed by atoms with Crippen LogP contribution in [0.4, 0.5) is 0 Å². The molecule has 0 radical (unpaired) electrons. The number of carboxylic acid groups (broad SMARTS) is 1. The molecule has 1 aliphatic carbocycles. The zero-order chi connectivity index (χ0) is 14.7. The Morgan fingerprint density at radius 1 is 1.33 bits per heavy atom. The number of carboxylic acids is 1. The number of rotatable bonds is 5. The molecule has 1 saturated carbocycles. The van der Waals surface area contributed by atoms with Crippen molar-refractivity contribution in [1.82, 2.24) is 14.5 Å². The quantitative estimate of drug-likeness (QED) is 0.917. The molecule has 2 aromatic heterocycles. The smallest absolute Gasteiger partial charge is 0.303 e. The standard InChI is InChI=1S/C16H21N3O2/c20-15(21)9-8-14-18-13-7-4-10-17-16(13)19(14)11-12-5-2-1-3-6-12/h4,7,10,12H,1-3,5-6,8-9,11H2,(H,20,21). The van der Waals surface area contributed by atoms with Crippen LogP contribution < -0.4 is 0 Å². The Kier molecular flexibility index (Phi) is 4.18. The molecule has 3 rings (SSSR count). The van der Waals surface area contributed by atoms with Crippen molar-refractivity contribution in [3.05, 3.63) is 24.2 Å². The molecule has 0 aromatic carbocycles. The van der Waals surface area contributed by atoms with Crippen molar-refractivity contribution in [3.63, 3.8) is 0 Å². The molecule has 112 valence electrons. The van der Waals surface area contributed by atoms with E-state index in [2.05, 4.69) is 14.5 Å². The van der Waals surface area contributed by atoms with Gasteiger partial charge in [-0.2, -0.15) is 0 Å². The van der Waals surface area contributed by atoms with Crippen LogP contribution in [0.25, 0.3) is 11.2 Å². The van der Waals surface area contributed by atoms with Crippen molar-refractivity contribution in [2.24, 2.45) is 5.92 Å². The van der Waals surface area contributed by atoms with Gasteiger partial charge in [-0.3, -0.25) is 4.79 Å². The van der Waals surface area contributed by atoms with Crippen molar-refractivity contribution >= 4 is 17.1 Å². The van der Waals surface area contributed by atoms with Crippen molar-refractivity contribution in [3.8, 4) is 0 Å². The first kappa shape index (κ1) is 14.0. The molecular formula is C16H21N3O2. The number of pyridine rings is 1. The number of hydrogen-bond acceptors (Lipinski definition) is 3. The van der Waals surface area contributed by atoms with Gasteiger partial charge < -0.3 is 9.67 Å². The van der Waals surface area contributed by atoms with Gasteiger partial charge in [0.15, 0.2) is 5.65 Å². The predicted octanol–water partition coefficient (Wildman–Crippen LogP) is 3.03. The van der Waals surface area contributed by atoms with Gasteiger partial charge in [0, 0.05) is 19.2 Å². The highest BCUT2D eigenvalue weighted by Crippen LogP contribution is 2.27. The van der Waals surface area contributed by atoms with E-state index in [0.29, 0.717) is 12.3 Å². The van der Waals surface area contributed by atoms with Crippen molar-refractivity contribution in [2.75, 3.05) is 0 Å². The molecule has 0 bridgehead atoms. The van der Waals surface area contributed by atoms with Crippen LogP contribution in [0.5, 0.6) is 0 Å². The van der Waals surface area contributed by atoms with Crippen molar-refractivity contribution < 1.29 is 9.90 Å². The summed E-state index contributed by atoms with van der Waals surface area (Å²) in [6, 6.07) is 3.82. The first-order chi connectivity index (χ1) is 10.2. The summed E-state index contributed by atoms with van der Waals surface area (Å²) in [6.07, 6.45) is 8.82. The Morgan fingerprint density at radius 2 is 2.14 bits per heavy atom. The van der Waals surface area contributed by atoms with Crippen LogP contribution in [0.2, 0.25) is 0 Å². The number of imidazole rings is 1. The monoisotopic (exact) mass is 287 g/mol. The predicted molar refractivity (Wildman–Crippen MR) is 80.1 cm³/mol. The van der Waals surface area contributed by atoms with Gasteiger partial charge in [-0.15, -0.1) is 0 Å². The Morgan fingerprint density at radius 3 is 2.90 bits per heavy atom. The molecule has 2 heterocycles. The van der Waals surface area contributed by atoms with E-state index < -0.39 is 5.97 Å². The molecule has 1 N–H and O–H groups in total. The number of aliphatic carboxylic acids is 1. The lowest BCUT2D eigenvalue weighted by atomic mass is 9.89. The van der Waals surface area contributed by atoms with E-state index in [0.717, 1.165) is 23.5 Å². The minimum Gasteiger partial charge on any atom is -0.481 e. The van der Waals surface area contributed by atoms with Crippen molar-refractivity contribution in [1.29, 1.82) is 0 Å². The van der Waals surface area contributed by atoms with E-state index in [4.69, 9.17) is 5.11 Å². The number of carbonyl (C=O) groups is 1. The minimum atomic E-state index is -0.778. The molecular weight excluding hydrogens is 266 g/mol. The van der Waals surface area contributed by atoms with Gasteiger partial charge in [0.1, 0.15) is 11.3 Å². The highest BCUT2D eigenvalue weighted by atomic mass is 16.4. The molecule has 5 heteroatoms. The topological polar surface area (TPSA) is 68.0 Å². The third-order valence-electron chi connectivity index (χ3n) is 4.31. The summed E-state index contributed by atoms with van der Waals surface area (Å²) < 4.78 is 2.15. The van der Waals surface area contributed by atoms with Gasteiger partial charge in [-0.05, 0) is 30.9 Å². The second kappa shape index (κ2) is 6.24. The normalized spacial score (nSPS) is 16.4. The number of fused-ring (bicyclic) bond motifs is 1. The van der Waals surface area contributed by atoms with Crippen molar-refractivity contribution in [2.45, 2.75) is 51.5 Å². The van der Waals surface area contributed by atoms with Crippen LogP contribution in [0.15, 0.2) is 18.3 Å². The maximum absolute atomic E-state index is 10.8. The van der Waals surface area contributed by atoms with Crippen LogP contribution in [-0.2, 0) is 17.8 Å². The number of aryl methyl sites for hydroxylation is 1. The summed E-state index contributed by atoms with van der Waals surface area (Å²) in [6.45, 7) is 0.919. The van der Waals surface area contributed by atoms with Gasteiger partial charge in [0.25, 0.3) is 0 Å². The second-order valence-corrected chi connectivity index (χ2v) is 5.88. The minimum absolute atomic E-state index is 0.119. The molecule has 0 atom stereocenters. The zero-order valence-electron chi connectivity index (χ0n) is 12.2. The lowest BCUT2D eigenvalue weighted by Crippen LogP contribution is -2.17. The van der Waals surface area contributed by atoms with E-state index in [-0.39, 0.29) is 6.42 Å². The summed E-state index contributed by atoms with van der Waals surface area (Å²) in [5, 5.41) is 8.91. The summed E-state index contributed by atoms with van der Waals surface area (Å²) in [5.41, 5.74) is 1.76. The molecule has 0 amide bonds. The average Bonchev–Trinajstić information content (AvgIpc) is 2.84. The molecule has 0 aliphatic heterocycles. The lowest BCUT2D eigenvalue weighted by molar-refractivity contribution is -0.137. The zero-order valence-corrected chi connectivity index (χ0v) is 12.2. The fourth-order valence-corrected chi connectivity index (χ4v) is 3.23. The van der Waals surface area contributed by atoms with Crippen LogP contribution in [0.1, 0.15) is 44.3 Å². The highest BCUT2D eigenvalue weighted by molar-refractivity contribution is 5.71. The van der Waals surface area contributed by atoms with Gasteiger partial charge in [-0.25, -0.2) is 9.97 Å². The third-order valence-corrected chi connectivity index (χ3v) is 4.31. The Balaban J connectivity index is 1.88. The second-order valence-electron chi connectivity index (χ2n) is 5.88. The number of hydrogen-bond donors (Lipinski definition) is 1. The number of nitrogens with zero attached hydrogens (tertiary/aromatic N) is 3. The average molecular weight is 287 g/mol. The lowest BCUT2D eigenvalue weighted by Gasteiger charge is -2.22. The number of aromatic nitrogens is 3. The summed E-state index contributed by atoms with van der Waals surface area (Å²) in [5.74, 6) is 0.748. The molecule has 1 fully saturated rings. The van der Waals surface area contributed by atoms with Gasteiger partial charge >= 0.3 is 5.97 Å². The molecule has 21 heavy (non-hydrogen) atoms. The molecule has 0 unspecified atom stereocenters. The maximum Gasteiger partial charge on any atom is 0.303 e. The van der Waals surface area contributed by atoms with Gasteiger partial charge in [0.2, 0.25) is 0 Å². The van der Waals surface area contributed by atoms with Crippen LogP contribution in [0, 0.1) is 5.92 Å². The van der Waals surface area contributed by atoms with E-state index in [1.54, 1.807) is 6.20 Å². The fraction of sp³-hybridized carbons (Fsp3) is 0.562. The van der Waals surface area contributed by atoms with E-state index >= 15 is 0 Å². The largest absolute Gasteiger partial charge is 0.481 e. The maximum atomic E-state index is 10.8. The van der Waals surface area contributed by atoms with E-state index in [1.807, 2.05) is 12.1 Å². The molecule has 5 nitrogen and oxygen atoms in total.